The fourth-order valence-corrected chi connectivity index (χ4v) is 2.56. The molecule has 5 heteroatoms. The second kappa shape index (κ2) is 3.92. The van der Waals surface area contributed by atoms with Crippen molar-refractivity contribution in [3.05, 3.63) is 15.5 Å². The van der Waals surface area contributed by atoms with Gasteiger partial charge in [0, 0.05) is 19.1 Å². The maximum Gasteiger partial charge on any atom is 0.113 e. The first-order valence-corrected chi connectivity index (χ1v) is 5.51. The molecule has 1 atom stereocenters. The predicted octanol–water partition coefficient (Wildman–Crippen LogP) is 1.33. The van der Waals surface area contributed by atoms with Gasteiger partial charge in [-0.2, -0.15) is 0 Å². The Morgan fingerprint density at radius 1 is 1.77 bits per heavy atom. The Morgan fingerprint density at radius 2 is 2.62 bits per heavy atom. The predicted molar refractivity (Wildman–Crippen MR) is 55.0 cm³/mol. The number of likely N-dealkylation sites (tertiary alicyclic amines) is 1. The van der Waals surface area contributed by atoms with E-state index >= 15 is 0 Å². The van der Waals surface area contributed by atoms with E-state index in [0.29, 0.717) is 6.04 Å². The van der Waals surface area contributed by atoms with Crippen molar-refractivity contribution in [2.75, 3.05) is 13.1 Å². The van der Waals surface area contributed by atoms with Gasteiger partial charge in [0.1, 0.15) is 9.34 Å². The highest BCUT2D eigenvalue weighted by molar-refractivity contribution is 7.15. The van der Waals surface area contributed by atoms with Gasteiger partial charge in [-0.25, -0.2) is 4.98 Å². The van der Waals surface area contributed by atoms with Crippen LogP contribution in [0.3, 0.4) is 0 Å². The minimum atomic E-state index is 0.343. The molecule has 0 unspecified atom stereocenters. The highest BCUT2D eigenvalue weighted by Crippen LogP contribution is 2.20. The van der Waals surface area contributed by atoms with Gasteiger partial charge >= 0.3 is 0 Å². The molecule has 1 saturated heterocycles. The van der Waals surface area contributed by atoms with Crippen LogP contribution >= 0.6 is 22.9 Å². The van der Waals surface area contributed by atoms with E-state index in [0.717, 1.165) is 35.4 Å². The van der Waals surface area contributed by atoms with Crippen molar-refractivity contribution in [3.8, 4) is 0 Å². The largest absolute Gasteiger partial charge is 0.326 e. The quantitative estimate of drug-likeness (QED) is 0.813. The van der Waals surface area contributed by atoms with E-state index < -0.39 is 0 Å². The summed E-state index contributed by atoms with van der Waals surface area (Å²) in [5.74, 6) is 0. The Balaban J connectivity index is 1.91. The number of nitrogens with two attached hydrogens (primary N) is 1. The lowest BCUT2D eigenvalue weighted by Crippen LogP contribution is -2.26. The molecule has 1 aromatic heterocycles. The van der Waals surface area contributed by atoms with Gasteiger partial charge in [0.05, 0.1) is 12.7 Å². The summed E-state index contributed by atoms with van der Waals surface area (Å²) in [5, 5.41) is 1.08. The van der Waals surface area contributed by atoms with Gasteiger partial charge in [0.25, 0.3) is 0 Å². The van der Waals surface area contributed by atoms with E-state index in [1.165, 1.54) is 0 Å². The van der Waals surface area contributed by atoms with Crippen molar-refractivity contribution in [2.45, 2.75) is 19.0 Å². The van der Waals surface area contributed by atoms with Crippen molar-refractivity contribution in [1.29, 1.82) is 0 Å². The van der Waals surface area contributed by atoms with Crippen molar-refractivity contribution in [1.82, 2.24) is 9.88 Å². The first-order chi connectivity index (χ1) is 6.24. The molecule has 13 heavy (non-hydrogen) atoms. The van der Waals surface area contributed by atoms with E-state index in [2.05, 4.69) is 9.88 Å². The molecule has 0 aromatic carbocycles. The zero-order valence-corrected chi connectivity index (χ0v) is 8.81. The van der Waals surface area contributed by atoms with Crippen molar-refractivity contribution in [3.63, 3.8) is 0 Å². The summed E-state index contributed by atoms with van der Waals surface area (Å²) >= 11 is 7.33. The molecule has 2 rings (SSSR count). The third-order valence-corrected chi connectivity index (χ3v) is 3.29. The first-order valence-electron chi connectivity index (χ1n) is 4.32. The minimum absolute atomic E-state index is 0.343. The molecule has 0 aliphatic carbocycles. The molecule has 0 spiro atoms. The fourth-order valence-electron chi connectivity index (χ4n) is 1.56. The zero-order chi connectivity index (χ0) is 9.26. The van der Waals surface area contributed by atoms with Crippen LogP contribution in [0, 0.1) is 0 Å². The van der Waals surface area contributed by atoms with Crippen molar-refractivity contribution in [2.24, 2.45) is 5.73 Å². The topological polar surface area (TPSA) is 42.1 Å². The molecular weight excluding hydrogens is 206 g/mol. The smallest absolute Gasteiger partial charge is 0.113 e. The Labute approximate surface area is 86.5 Å². The molecule has 1 aliphatic rings. The highest BCUT2D eigenvalue weighted by atomic mass is 35.5. The molecule has 0 saturated carbocycles. The van der Waals surface area contributed by atoms with Crippen LogP contribution in [0.1, 0.15) is 11.4 Å². The second-order valence-corrected chi connectivity index (χ2v) is 5.09. The minimum Gasteiger partial charge on any atom is -0.326 e. The van der Waals surface area contributed by atoms with Crippen LogP contribution in [0.4, 0.5) is 0 Å². The van der Waals surface area contributed by atoms with Gasteiger partial charge in [-0.1, -0.05) is 11.6 Å². The average molecular weight is 218 g/mol. The number of hydrogen-bond acceptors (Lipinski definition) is 4. The zero-order valence-electron chi connectivity index (χ0n) is 7.24. The van der Waals surface area contributed by atoms with Gasteiger partial charge in [0.15, 0.2) is 0 Å². The van der Waals surface area contributed by atoms with Crippen molar-refractivity contribution >= 4 is 22.9 Å². The number of thiazole rings is 1. The van der Waals surface area contributed by atoms with Crippen molar-refractivity contribution < 1.29 is 0 Å². The Bertz CT molecular complexity index is 289. The normalized spacial score (nSPS) is 24.0. The Morgan fingerprint density at radius 3 is 3.15 bits per heavy atom. The lowest BCUT2D eigenvalue weighted by atomic mass is 10.3. The number of halogens is 1. The summed E-state index contributed by atoms with van der Waals surface area (Å²) in [5.41, 5.74) is 5.80. The standard InChI is InChI=1S/C8H12ClN3S/c9-7-3-11-8(13-7)5-12-2-1-6(10)4-12/h3,6H,1-2,4-5,10H2/t6-/m1/s1. The van der Waals surface area contributed by atoms with Crippen LogP contribution in [0.2, 0.25) is 4.34 Å². The van der Waals surface area contributed by atoms with Gasteiger partial charge in [-0.15, -0.1) is 11.3 Å². The Hall–Kier alpha value is -0.160. The second-order valence-electron chi connectivity index (χ2n) is 3.34. The number of nitrogens with zero attached hydrogens (tertiary/aromatic N) is 2. The van der Waals surface area contributed by atoms with Crippen LogP contribution in [0.5, 0.6) is 0 Å². The molecule has 1 fully saturated rings. The molecular formula is C8H12ClN3S. The maximum atomic E-state index is 5.80. The Kier molecular flexibility index (Phi) is 2.83. The van der Waals surface area contributed by atoms with Crippen LogP contribution in [-0.2, 0) is 6.54 Å². The van der Waals surface area contributed by atoms with Gasteiger partial charge < -0.3 is 5.73 Å². The molecule has 3 nitrogen and oxygen atoms in total. The third-order valence-electron chi connectivity index (χ3n) is 2.19. The molecule has 0 radical (unpaired) electrons. The molecule has 0 amide bonds. The fraction of sp³-hybridized carbons (Fsp3) is 0.625. The summed E-state index contributed by atoms with van der Waals surface area (Å²) in [4.78, 5) is 6.53. The van der Waals surface area contributed by atoms with Crippen LogP contribution in [0.15, 0.2) is 6.20 Å². The first kappa shape index (κ1) is 9.40. The van der Waals surface area contributed by atoms with Gasteiger partial charge in [-0.05, 0) is 6.42 Å². The summed E-state index contributed by atoms with van der Waals surface area (Å²) in [6.45, 7) is 2.96. The molecule has 1 aliphatic heterocycles. The van der Waals surface area contributed by atoms with Crippen LogP contribution < -0.4 is 5.73 Å². The lowest BCUT2D eigenvalue weighted by Gasteiger charge is -2.12. The van der Waals surface area contributed by atoms with Crippen LogP contribution in [-0.4, -0.2) is 29.0 Å². The third kappa shape index (κ3) is 2.40. The van der Waals surface area contributed by atoms with E-state index in [1.807, 2.05) is 0 Å². The van der Waals surface area contributed by atoms with Gasteiger partial charge in [-0.3, -0.25) is 4.90 Å². The summed E-state index contributed by atoms with van der Waals surface area (Å²) in [6, 6.07) is 0.343. The number of aromatic nitrogens is 1. The average Bonchev–Trinajstić information content (AvgIpc) is 2.62. The summed E-state index contributed by atoms with van der Waals surface area (Å²) < 4.78 is 0.762. The van der Waals surface area contributed by atoms with Crippen LogP contribution in [0.25, 0.3) is 0 Å². The molecule has 0 bridgehead atoms. The van der Waals surface area contributed by atoms with E-state index in [9.17, 15) is 0 Å². The molecule has 2 N–H and O–H groups in total. The highest BCUT2D eigenvalue weighted by Gasteiger charge is 2.19. The monoisotopic (exact) mass is 217 g/mol. The van der Waals surface area contributed by atoms with E-state index in [-0.39, 0.29) is 0 Å². The summed E-state index contributed by atoms with van der Waals surface area (Å²) in [6.07, 6.45) is 2.80. The van der Waals surface area contributed by atoms with E-state index in [4.69, 9.17) is 17.3 Å². The molecule has 1 aromatic rings. The molecule has 72 valence electrons. The molecule has 2 heterocycles. The SMILES string of the molecule is N[C@@H]1CCN(Cc2ncc(Cl)s2)C1. The van der Waals surface area contributed by atoms with Gasteiger partial charge in [0.2, 0.25) is 0 Å². The van der Waals surface area contributed by atoms with E-state index in [1.54, 1.807) is 17.5 Å². The maximum absolute atomic E-state index is 5.80. The number of hydrogen-bond donors (Lipinski definition) is 1. The lowest BCUT2D eigenvalue weighted by molar-refractivity contribution is 0.326. The summed E-state index contributed by atoms with van der Waals surface area (Å²) in [7, 11) is 0. The number of rotatable bonds is 2.